The van der Waals surface area contributed by atoms with Gasteiger partial charge in [-0.2, -0.15) is 0 Å². The van der Waals surface area contributed by atoms with E-state index in [9.17, 15) is 9.59 Å². The van der Waals surface area contributed by atoms with Crippen molar-refractivity contribution in [2.24, 2.45) is 5.92 Å². The zero-order chi connectivity index (χ0) is 15.9. The number of aryl methyl sites for hydroxylation is 2. The van der Waals surface area contributed by atoms with Gasteiger partial charge in [-0.15, -0.1) is 10.2 Å². The number of rotatable bonds is 3. The molecule has 1 atom stereocenters. The zero-order valence-corrected chi connectivity index (χ0v) is 12.2. The lowest BCUT2D eigenvalue weighted by atomic mass is 10.1. The Bertz CT molecular complexity index is 753. The molecule has 7 nitrogen and oxygen atoms in total. The lowest BCUT2D eigenvalue weighted by Gasteiger charge is -2.19. The first-order valence-corrected chi connectivity index (χ1v) is 6.90. The number of carboxylic acids is 1. The molecule has 22 heavy (non-hydrogen) atoms. The van der Waals surface area contributed by atoms with Gasteiger partial charge in [-0.3, -0.25) is 9.59 Å². The first-order valence-electron chi connectivity index (χ1n) is 6.90. The Hall–Kier alpha value is -2.70. The normalized spacial score (nSPS) is 18.0. The third-order valence-electron chi connectivity index (χ3n) is 3.75. The summed E-state index contributed by atoms with van der Waals surface area (Å²) in [5.74, 6) is -0.965. The number of nitrogens with zero attached hydrogens (tertiary/aromatic N) is 3. The van der Waals surface area contributed by atoms with Crippen molar-refractivity contribution in [1.29, 1.82) is 0 Å². The number of carboxylic acid groups (broad SMARTS) is 1. The molecule has 1 aromatic heterocycles. The Labute approximate surface area is 126 Å². The van der Waals surface area contributed by atoms with E-state index in [0.29, 0.717) is 23.0 Å². The number of carbonyl (C=O) groups excluding carboxylic acids is 1. The van der Waals surface area contributed by atoms with Crippen LogP contribution in [0.3, 0.4) is 0 Å². The summed E-state index contributed by atoms with van der Waals surface area (Å²) < 4.78 is 5.39. The highest BCUT2D eigenvalue weighted by Gasteiger charge is 2.35. The minimum absolute atomic E-state index is 0.0265. The molecule has 7 heteroatoms. The average molecular weight is 301 g/mol. The summed E-state index contributed by atoms with van der Waals surface area (Å²) in [6.45, 7) is 3.76. The van der Waals surface area contributed by atoms with Gasteiger partial charge >= 0.3 is 5.97 Å². The van der Waals surface area contributed by atoms with Gasteiger partial charge < -0.3 is 14.4 Å². The standard InChI is InChI=1S/C15H15N3O4/c1-8-3-4-10(14-17-16-9(2)22-14)5-12(8)18-7-11(15(20)21)6-13(18)19/h3-5,11H,6-7H2,1-2H3,(H,20,21). The molecule has 1 fully saturated rings. The number of benzene rings is 1. The summed E-state index contributed by atoms with van der Waals surface area (Å²) in [5, 5.41) is 16.8. The molecule has 1 N–H and O–H groups in total. The molecule has 3 rings (SSSR count). The predicted octanol–water partition coefficient (Wildman–Crippen LogP) is 1.79. The maximum absolute atomic E-state index is 12.1. The number of carbonyl (C=O) groups is 2. The number of anilines is 1. The molecule has 0 saturated carbocycles. The largest absolute Gasteiger partial charge is 0.481 e. The van der Waals surface area contributed by atoms with Crippen LogP contribution in [0.5, 0.6) is 0 Å². The molecule has 0 spiro atoms. The molecule has 0 aliphatic carbocycles. The number of hydrogen-bond donors (Lipinski definition) is 1. The van der Waals surface area contributed by atoms with E-state index in [1.807, 2.05) is 19.1 Å². The van der Waals surface area contributed by atoms with Crippen LogP contribution in [0.25, 0.3) is 11.5 Å². The Morgan fingerprint density at radius 2 is 2.14 bits per heavy atom. The first kappa shape index (κ1) is 14.2. The molecule has 114 valence electrons. The second-order valence-corrected chi connectivity index (χ2v) is 5.37. The lowest BCUT2D eigenvalue weighted by Crippen LogP contribution is -2.26. The van der Waals surface area contributed by atoms with Crippen LogP contribution in [0.15, 0.2) is 22.6 Å². The molecule has 1 aliphatic heterocycles. The molecular formula is C15H15N3O4. The third kappa shape index (κ3) is 2.45. The SMILES string of the molecule is Cc1nnc(-c2ccc(C)c(N3CC(C(=O)O)CC3=O)c2)o1. The molecule has 1 amide bonds. The number of aromatic nitrogens is 2. The maximum Gasteiger partial charge on any atom is 0.308 e. The number of amides is 1. The maximum atomic E-state index is 12.1. The fraction of sp³-hybridized carbons (Fsp3) is 0.333. The van der Waals surface area contributed by atoms with E-state index in [2.05, 4.69) is 10.2 Å². The van der Waals surface area contributed by atoms with Gasteiger partial charge in [0, 0.05) is 31.1 Å². The van der Waals surface area contributed by atoms with Gasteiger partial charge in [-0.05, 0) is 24.6 Å². The van der Waals surface area contributed by atoms with E-state index in [1.54, 1.807) is 13.0 Å². The Balaban J connectivity index is 1.97. The highest BCUT2D eigenvalue weighted by atomic mass is 16.4. The molecule has 1 unspecified atom stereocenters. The summed E-state index contributed by atoms with van der Waals surface area (Å²) in [6.07, 6.45) is 0.0265. The monoisotopic (exact) mass is 301 g/mol. The van der Waals surface area contributed by atoms with Gasteiger partial charge in [-0.1, -0.05) is 6.07 Å². The predicted molar refractivity (Wildman–Crippen MR) is 77.3 cm³/mol. The van der Waals surface area contributed by atoms with E-state index >= 15 is 0 Å². The molecule has 0 bridgehead atoms. The van der Waals surface area contributed by atoms with Crippen LogP contribution in [-0.4, -0.2) is 33.7 Å². The molecular weight excluding hydrogens is 286 g/mol. The van der Waals surface area contributed by atoms with E-state index in [4.69, 9.17) is 9.52 Å². The summed E-state index contributed by atoms with van der Waals surface area (Å²) in [6, 6.07) is 5.47. The molecule has 0 radical (unpaired) electrons. The lowest BCUT2D eigenvalue weighted by molar-refractivity contribution is -0.141. The van der Waals surface area contributed by atoms with Crippen LogP contribution in [0.1, 0.15) is 17.9 Å². The van der Waals surface area contributed by atoms with Crippen LogP contribution < -0.4 is 4.90 Å². The average Bonchev–Trinajstić information content (AvgIpc) is 3.06. The highest BCUT2D eigenvalue weighted by Crippen LogP contribution is 2.31. The minimum Gasteiger partial charge on any atom is -0.481 e. The summed E-state index contributed by atoms with van der Waals surface area (Å²) in [7, 11) is 0. The summed E-state index contributed by atoms with van der Waals surface area (Å²) in [4.78, 5) is 24.7. The van der Waals surface area contributed by atoms with Gasteiger partial charge in [0.15, 0.2) is 0 Å². The number of hydrogen-bond acceptors (Lipinski definition) is 5. The van der Waals surface area contributed by atoms with Gasteiger partial charge in [0.05, 0.1) is 5.92 Å². The van der Waals surface area contributed by atoms with Crippen molar-refractivity contribution in [2.75, 3.05) is 11.4 Å². The van der Waals surface area contributed by atoms with Gasteiger partial charge in [0.1, 0.15) is 0 Å². The third-order valence-corrected chi connectivity index (χ3v) is 3.75. The molecule has 2 aromatic rings. The van der Waals surface area contributed by atoms with Crippen molar-refractivity contribution < 1.29 is 19.1 Å². The van der Waals surface area contributed by atoms with Crippen LogP contribution in [0.2, 0.25) is 0 Å². The summed E-state index contributed by atoms with van der Waals surface area (Å²) in [5.41, 5.74) is 2.27. The second-order valence-electron chi connectivity index (χ2n) is 5.37. The van der Waals surface area contributed by atoms with E-state index in [-0.39, 0.29) is 18.9 Å². The summed E-state index contributed by atoms with van der Waals surface area (Å²) >= 11 is 0. The van der Waals surface area contributed by atoms with Crippen LogP contribution in [0.4, 0.5) is 5.69 Å². The fourth-order valence-electron chi connectivity index (χ4n) is 2.55. The van der Waals surface area contributed by atoms with Gasteiger partial charge in [-0.25, -0.2) is 0 Å². The second kappa shape index (κ2) is 5.25. The molecule has 2 heterocycles. The zero-order valence-electron chi connectivity index (χ0n) is 12.2. The molecule has 1 aliphatic rings. The number of aliphatic carboxylic acids is 1. The Morgan fingerprint density at radius 3 is 2.73 bits per heavy atom. The minimum atomic E-state index is -0.947. The van der Waals surface area contributed by atoms with Crippen molar-refractivity contribution >= 4 is 17.6 Å². The van der Waals surface area contributed by atoms with Crippen molar-refractivity contribution in [3.63, 3.8) is 0 Å². The van der Waals surface area contributed by atoms with Gasteiger partial charge in [0.2, 0.25) is 17.7 Å². The van der Waals surface area contributed by atoms with Crippen molar-refractivity contribution in [3.8, 4) is 11.5 Å². The molecule has 1 aromatic carbocycles. The first-order chi connectivity index (χ1) is 10.5. The van der Waals surface area contributed by atoms with Crippen LogP contribution in [0, 0.1) is 19.8 Å². The Kier molecular flexibility index (Phi) is 3.40. The highest BCUT2D eigenvalue weighted by molar-refractivity contribution is 6.00. The van der Waals surface area contributed by atoms with Gasteiger partial charge in [0.25, 0.3) is 0 Å². The quantitative estimate of drug-likeness (QED) is 0.928. The van der Waals surface area contributed by atoms with E-state index in [0.717, 1.165) is 5.56 Å². The topological polar surface area (TPSA) is 96.5 Å². The van der Waals surface area contributed by atoms with E-state index < -0.39 is 11.9 Å². The molecule has 1 saturated heterocycles. The fourth-order valence-corrected chi connectivity index (χ4v) is 2.55. The smallest absolute Gasteiger partial charge is 0.308 e. The van der Waals surface area contributed by atoms with Crippen molar-refractivity contribution in [2.45, 2.75) is 20.3 Å². The van der Waals surface area contributed by atoms with Crippen LogP contribution in [-0.2, 0) is 9.59 Å². The van der Waals surface area contributed by atoms with Crippen molar-refractivity contribution in [1.82, 2.24) is 10.2 Å². The van der Waals surface area contributed by atoms with E-state index in [1.165, 1.54) is 4.90 Å². The Morgan fingerprint density at radius 1 is 1.36 bits per heavy atom. The van der Waals surface area contributed by atoms with Crippen molar-refractivity contribution in [3.05, 3.63) is 29.7 Å². The van der Waals surface area contributed by atoms with Crippen LogP contribution >= 0.6 is 0 Å².